The molecule has 0 radical (unpaired) electrons. The molecule has 0 saturated carbocycles. The molecule has 110 valence electrons. The number of nitrogens with zero attached hydrogens (tertiary/aromatic N) is 2. The van der Waals surface area contributed by atoms with Crippen LogP contribution < -0.4 is 5.32 Å². The van der Waals surface area contributed by atoms with Crippen molar-refractivity contribution in [1.82, 2.24) is 15.1 Å². The van der Waals surface area contributed by atoms with Gasteiger partial charge in [-0.3, -0.25) is 0 Å². The van der Waals surface area contributed by atoms with Gasteiger partial charge in [-0.05, 0) is 33.0 Å². The summed E-state index contributed by atoms with van der Waals surface area (Å²) in [6, 6.07) is 0.200. The van der Waals surface area contributed by atoms with Crippen LogP contribution >= 0.6 is 0 Å². The molecule has 4 heteroatoms. The van der Waals surface area contributed by atoms with Gasteiger partial charge in [-0.25, -0.2) is 0 Å². The summed E-state index contributed by atoms with van der Waals surface area (Å²) in [6.45, 7) is 12.0. The highest BCUT2D eigenvalue weighted by Gasteiger charge is 2.14. The minimum atomic E-state index is 0.200. The standard InChI is InChI=1S/C14H33N3O/c1-6-7-15-14(12-18)11-17(10-13(2)3)9-8-16(4)5/h13-15,18H,6-12H2,1-5H3. The predicted molar refractivity (Wildman–Crippen MR) is 79.0 cm³/mol. The monoisotopic (exact) mass is 259 g/mol. The molecule has 18 heavy (non-hydrogen) atoms. The average molecular weight is 259 g/mol. The maximum Gasteiger partial charge on any atom is 0.0597 e. The Morgan fingerprint density at radius 1 is 1.11 bits per heavy atom. The number of nitrogens with one attached hydrogen (secondary N) is 1. The van der Waals surface area contributed by atoms with Crippen LogP contribution in [0.15, 0.2) is 0 Å². The Balaban J connectivity index is 4.16. The van der Waals surface area contributed by atoms with Crippen LogP contribution in [0, 0.1) is 5.92 Å². The summed E-state index contributed by atoms with van der Waals surface area (Å²) in [5.41, 5.74) is 0. The molecule has 0 bridgehead atoms. The number of likely N-dealkylation sites (N-methyl/N-ethyl adjacent to an activating group) is 1. The normalized spacial score (nSPS) is 13.8. The zero-order chi connectivity index (χ0) is 14.0. The van der Waals surface area contributed by atoms with Crippen LogP contribution in [0.3, 0.4) is 0 Å². The first-order chi connectivity index (χ1) is 8.49. The van der Waals surface area contributed by atoms with Crippen molar-refractivity contribution >= 4 is 0 Å². The quantitative estimate of drug-likeness (QED) is 0.577. The number of hydrogen-bond acceptors (Lipinski definition) is 4. The summed E-state index contributed by atoms with van der Waals surface area (Å²) in [7, 11) is 4.21. The average Bonchev–Trinajstić information content (AvgIpc) is 2.30. The minimum Gasteiger partial charge on any atom is -0.395 e. The van der Waals surface area contributed by atoms with Gasteiger partial charge < -0.3 is 20.2 Å². The summed E-state index contributed by atoms with van der Waals surface area (Å²) in [5.74, 6) is 0.665. The number of aliphatic hydroxyl groups excluding tert-OH is 1. The number of hydrogen-bond donors (Lipinski definition) is 2. The van der Waals surface area contributed by atoms with Gasteiger partial charge in [-0.1, -0.05) is 20.8 Å². The second kappa shape index (κ2) is 10.7. The summed E-state index contributed by atoms with van der Waals surface area (Å²) < 4.78 is 0. The lowest BCUT2D eigenvalue weighted by atomic mass is 10.2. The lowest BCUT2D eigenvalue weighted by Gasteiger charge is -2.29. The van der Waals surface area contributed by atoms with Crippen molar-refractivity contribution in [3.05, 3.63) is 0 Å². The lowest BCUT2D eigenvalue weighted by molar-refractivity contribution is 0.161. The molecule has 0 aromatic heterocycles. The van der Waals surface area contributed by atoms with Crippen molar-refractivity contribution in [2.45, 2.75) is 33.2 Å². The van der Waals surface area contributed by atoms with Crippen molar-refractivity contribution < 1.29 is 5.11 Å². The fourth-order valence-electron chi connectivity index (χ4n) is 1.96. The Bertz CT molecular complexity index is 186. The van der Waals surface area contributed by atoms with Crippen molar-refractivity contribution in [2.24, 2.45) is 5.92 Å². The van der Waals surface area contributed by atoms with Crippen LogP contribution in [0.1, 0.15) is 27.2 Å². The first kappa shape index (κ1) is 17.8. The van der Waals surface area contributed by atoms with Crippen LogP contribution in [0.25, 0.3) is 0 Å². The highest BCUT2D eigenvalue weighted by atomic mass is 16.3. The second-order valence-electron chi connectivity index (χ2n) is 5.79. The van der Waals surface area contributed by atoms with Crippen molar-refractivity contribution in [3.8, 4) is 0 Å². The molecule has 0 amide bonds. The smallest absolute Gasteiger partial charge is 0.0597 e. The molecule has 1 unspecified atom stereocenters. The molecule has 0 saturated heterocycles. The Morgan fingerprint density at radius 3 is 2.22 bits per heavy atom. The molecule has 0 aliphatic heterocycles. The van der Waals surface area contributed by atoms with Gasteiger partial charge in [-0.2, -0.15) is 0 Å². The minimum absolute atomic E-state index is 0.200. The van der Waals surface area contributed by atoms with Gasteiger partial charge in [-0.15, -0.1) is 0 Å². The zero-order valence-corrected chi connectivity index (χ0v) is 12.9. The summed E-state index contributed by atoms with van der Waals surface area (Å²) in [6.07, 6.45) is 1.11. The Labute approximate surface area is 113 Å². The Kier molecular flexibility index (Phi) is 10.6. The molecule has 0 rings (SSSR count). The van der Waals surface area contributed by atoms with E-state index in [1.807, 2.05) is 0 Å². The van der Waals surface area contributed by atoms with Crippen molar-refractivity contribution in [3.63, 3.8) is 0 Å². The van der Waals surface area contributed by atoms with Crippen molar-refractivity contribution in [2.75, 3.05) is 53.4 Å². The Morgan fingerprint density at radius 2 is 1.78 bits per heavy atom. The van der Waals surface area contributed by atoms with Crippen LogP contribution in [-0.4, -0.2) is 74.4 Å². The summed E-state index contributed by atoms with van der Waals surface area (Å²) >= 11 is 0. The molecular formula is C14H33N3O. The van der Waals surface area contributed by atoms with Gasteiger partial charge in [0.05, 0.1) is 6.61 Å². The molecule has 0 aliphatic carbocycles. The molecule has 2 N–H and O–H groups in total. The molecule has 0 heterocycles. The molecule has 0 fully saturated rings. The van der Waals surface area contributed by atoms with Crippen LogP contribution in [0.2, 0.25) is 0 Å². The predicted octanol–water partition coefficient (Wildman–Crippen LogP) is 0.867. The highest BCUT2D eigenvalue weighted by molar-refractivity contribution is 4.72. The molecule has 0 aromatic carbocycles. The first-order valence-electron chi connectivity index (χ1n) is 7.20. The molecule has 1 atom stereocenters. The molecule has 0 aromatic rings. The number of aliphatic hydroxyl groups is 1. The zero-order valence-electron chi connectivity index (χ0n) is 12.9. The Hall–Kier alpha value is -0.160. The van der Waals surface area contributed by atoms with E-state index < -0.39 is 0 Å². The van der Waals surface area contributed by atoms with Gasteiger partial charge in [0, 0.05) is 32.2 Å². The topological polar surface area (TPSA) is 38.7 Å². The van der Waals surface area contributed by atoms with Crippen LogP contribution in [0.4, 0.5) is 0 Å². The highest BCUT2D eigenvalue weighted by Crippen LogP contribution is 2.01. The van der Waals surface area contributed by atoms with Gasteiger partial charge in [0.25, 0.3) is 0 Å². The van der Waals surface area contributed by atoms with E-state index >= 15 is 0 Å². The third kappa shape index (κ3) is 9.83. The van der Waals surface area contributed by atoms with E-state index in [-0.39, 0.29) is 12.6 Å². The molecular weight excluding hydrogens is 226 g/mol. The largest absolute Gasteiger partial charge is 0.395 e. The fraction of sp³-hybridized carbons (Fsp3) is 1.00. The number of rotatable bonds is 11. The summed E-state index contributed by atoms with van der Waals surface area (Å²) in [4.78, 5) is 4.66. The summed E-state index contributed by atoms with van der Waals surface area (Å²) in [5, 5.41) is 12.8. The second-order valence-corrected chi connectivity index (χ2v) is 5.79. The van der Waals surface area contributed by atoms with E-state index in [1.54, 1.807) is 0 Å². The first-order valence-corrected chi connectivity index (χ1v) is 7.20. The maximum atomic E-state index is 9.41. The lowest BCUT2D eigenvalue weighted by Crippen LogP contribution is -2.46. The maximum absolute atomic E-state index is 9.41. The van der Waals surface area contributed by atoms with Gasteiger partial charge >= 0.3 is 0 Å². The van der Waals surface area contributed by atoms with E-state index in [1.165, 1.54) is 0 Å². The van der Waals surface area contributed by atoms with E-state index in [9.17, 15) is 5.11 Å². The van der Waals surface area contributed by atoms with Gasteiger partial charge in [0.1, 0.15) is 0 Å². The van der Waals surface area contributed by atoms with E-state index in [2.05, 4.69) is 50.0 Å². The molecule has 4 nitrogen and oxygen atoms in total. The fourth-order valence-corrected chi connectivity index (χ4v) is 1.96. The third-order valence-electron chi connectivity index (χ3n) is 2.87. The van der Waals surface area contributed by atoms with Crippen LogP contribution in [-0.2, 0) is 0 Å². The van der Waals surface area contributed by atoms with Crippen molar-refractivity contribution in [1.29, 1.82) is 0 Å². The van der Waals surface area contributed by atoms with Gasteiger partial charge in [0.15, 0.2) is 0 Å². The third-order valence-corrected chi connectivity index (χ3v) is 2.87. The van der Waals surface area contributed by atoms with Crippen LogP contribution in [0.5, 0.6) is 0 Å². The van der Waals surface area contributed by atoms with E-state index in [0.29, 0.717) is 5.92 Å². The van der Waals surface area contributed by atoms with E-state index in [0.717, 1.165) is 39.1 Å². The SMILES string of the molecule is CCCNC(CO)CN(CCN(C)C)CC(C)C. The van der Waals surface area contributed by atoms with Gasteiger partial charge in [0.2, 0.25) is 0 Å². The molecule has 0 spiro atoms. The van der Waals surface area contributed by atoms with E-state index in [4.69, 9.17) is 0 Å². The molecule has 0 aliphatic rings.